The Balaban J connectivity index is 1.64. The fourth-order valence-electron chi connectivity index (χ4n) is 5.12. The third-order valence-electron chi connectivity index (χ3n) is 8.06. The van der Waals surface area contributed by atoms with Crippen LogP contribution in [0.1, 0.15) is 37.4 Å². The number of hydrogen-bond acceptors (Lipinski definition) is 16. The lowest BCUT2D eigenvalue weighted by Gasteiger charge is -2.14. The summed E-state index contributed by atoms with van der Waals surface area (Å²) in [6.45, 7) is 10.00. The van der Waals surface area contributed by atoms with Crippen molar-refractivity contribution in [1.82, 2.24) is 0 Å². The molecule has 0 heterocycles. The number of carbonyl (C=O) groups excluding carboxylic acids is 2. The number of benzene rings is 3. The number of carbonyl (C=O) groups is 2. The van der Waals surface area contributed by atoms with Gasteiger partial charge in [0.05, 0.1) is 90.4 Å². The topological polar surface area (TPSA) is 163 Å². The van der Waals surface area contributed by atoms with E-state index in [0.29, 0.717) is 132 Å². The van der Waals surface area contributed by atoms with Gasteiger partial charge in [-0.15, -0.1) is 0 Å². The maximum atomic E-state index is 13.3. The average molecular weight is 845 g/mol. The summed E-state index contributed by atoms with van der Waals surface area (Å²) < 4.78 is 76.9. The molecule has 0 unspecified atom stereocenters. The van der Waals surface area contributed by atoms with Crippen molar-refractivity contribution in [3.05, 3.63) is 89.0 Å². The Hall–Kier alpha value is -4.78. The Labute approximate surface area is 352 Å². The van der Waals surface area contributed by atoms with E-state index in [2.05, 4.69) is 6.58 Å². The molecule has 0 spiro atoms. The molecule has 0 bridgehead atoms. The van der Waals surface area contributed by atoms with Gasteiger partial charge in [-0.1, -0.05) is 12.7 Å². The van der Waals surface area contributed by atoms with E-state index in [1.165, 1.54) is 24.3 Å². The van der Waals surface area contributed by atoms with Gasteiger partial charge in [-0.25, -0.2) is 9.59 Å². The van der Waals surface area contributed by atoms with Gasteiger partial charge in [-0.05, 0) is 59.2 Å². The summed E-state index contributed by atoms with van der Waals surface area (Å²) in [6.07, 6.45) is 1.47. The first-order valence-corrected chi connectivity index (χ1v) is 19.6. The molecule has 0 saturated heterocycles. The third kappa shape index (κ3) is 20.5. The van der Waals surface area contributed by atoms with Crippen LogP contribution in [0.2, 0.25) is 0 Å². The molecule has 16 heteroatoms. The summed E-state index contributed by atoms with van der Waals surface area (Å²) in [6, 6.07) is 15.0. The summed E-state index contributed by atoms with van der Waals surface area (Å²) in [4.78, 5) is 26.6. The quantitative estimate of drug-likeness (QED) is 0.0560. The van der Waals surface area contributed by atoms with Gasteiger partial charge in [0.25, 0.3) is 0 Å². The number of methoxy groups -OCH3 is 4. The van der Waals surface area contributed by atoms with Crippen molar-refractivity contribution < 1.29 is 75.9 Å². The van der Waals surface area contributed by atoms with Gasteiger partial charge in [0, 0.05) is 40.6 Å². The van der Waals surface area contributed by atoms with Crippen molar-refractivity contribution in [3.8, 4) is 23.0 Å². The second-order valence-corrected chi connectivity index (χ2v) is 12.6. The summed E-state index contributed by atoms with van der Waals surface area (Å²) in [7, 11) is 6.42. The molecule has 0 saturated carbocycles. The predicted molar refractivity (Wildman–Crippen MR) is 220 cm³/mol. The zero-order valence-corrected chi connectivity index (χ0v) is 35.2. The first kappa shape index (κ1) is 49.6. The van der Waals surface area contributed by atoms with E-state index in [4.69, 9.17) is 66.3 Å². The molecule has 3 rings (SSSR count). The zero-order valence-electron chi connectivity index (χ0n) is 35.2. The van der Waals surface area contributed by atoms with Crippen LogP contribution in [-0.2, 0) is 60.6 Å². The molecular weight excluding hydrogens is 784 g/mol. The molecule has 0 aliphatic heterocycles. The standard InChI is InChI=1S/C44H60O16/c1-6-36-29-37(43(45)59-32-34-25-38(55-21-17-51-13-9-47-2)30-39(26-34)56-22-18-52-14-10-48-3)7-8-42(36)44(46)60-33-35-27-40(57-23-19-53-15-11-49-4)31-41(28-35)58-24-20-54-16-12-50-5/h6-8,25-31H,1,9-24,32-33H2,2-5H3. The highest BCUT2D eigenvalue weighted by Crippen LogP contribution is 2.26. The summed E-state index contributed by atoms with van der Waals surface area (Å²) in [5, 5.41) is 0. The van der Waals surface area contributed by atoms with Crippen molar-refractivity contribution in [2.45, 2.75) is 13.2 Å². The lowest BCUT2D eigenvalue weighted by molar-refractivity contribution is 0.0455. The molecule has 60 heavy (non-hydrogen) atoms. The molecule has 0 aliphatic carbocycles. The highest BCUT2D eigenvalue weighted by molar-refractivity contribution is 5.97. The summed E-state index contributed by atoms with van der Waals surface area (Å²) in [5.41, 5.74) is 2.09. The van der Waals surface area contributed by atoms with Gasteiger partial charge in [-0.2, -0.15) is 0 Å². The van der Waals surface area contributed by atoms with E-state index in [1.54, 1.807) is 64.8 Å². The minimum absolute atomic E-state index is 0.0789. The number of hydrogen-bond donors (Lipinski definition) is 0. The Morgan fingerprint density at radius 2 is 0.800 bits per heavy atom. The van der Waals surface area contributed by atoms with E-state index < -0.39 is 11.9 Å². The SMILES string of the molecule is C=Cc1cc(C(=O)OCc2cc(OCCOCCOC)cc(OCCOCCOC)c2)ccc1C(=O)OCc1cc(OCCOCCOC)cc(OCCOCCOC)c1. The van der Waals surface area contributed by atoms with Crippen molar-refractivity contribution in [2.24, 2.45) is 0 Å². The molecule has 332 valence electrons. The number of esters is 2. The smallest absolute Gasteiger partial charge is 0.339 e. The highest BCUT2D eigenvalue weighted by Gasteiger charge is 2.17. The maximum Gasteiger partial charge on any atom is 0.339 e. The van der Waals surface area contributed by atoms with Crippen LogP contribution < -0.4 is 18.9 Å². The van der Waals surface area contributed by atoms with Gasteiger partial charge in [0.2, 0.25) is 0 Å². The minimum Gasteiger partial charge on any atom is -0.491 e. The van der Waals surface area contributed by atoms with Crippen LogP contribution in [0, 0.1) is 0 Å². The van der Waals surface area contributed by atoms with Crippen LogP contribution in [0.3, 0.4) is 0 Å². The van der Waals surface area contributed by atoms with Crippen LogP contribution in [0.15, 0.2) is 61.2 Å². The molecule has 3 aromatic rings. The number of ether oxygens (including phenoxy) is 14. The van der Waals surface area contributed by atoms with Crippen LogP contribution in [0.5, 0.6) is 23.0 Å². The molecular formula is C44H60O16. The predicted octanol–water partition coefficient (Wildman–Crippen LogP) is 5.21. The zero-order chi connectivity index (χ0) is 43.0. The average Bonchev–Trinajstić information content (AvgIpc) is 3.26. The molecule has 16 nitrogen and oxygen atoms in total. The molecule has 0 radical (unpaired) electrons. The highest BCUT2D eigenvalue weighted by atomic mass is 16.6. The van der Waals surface area contributed by atoms with Crippen LogP contribution in [0.4, 0.5) is 0 Å². The maximum absolute atomic E-state index is 13.3. The van der Waals surface area contributed by atoms with Crippen LogP contribution >= 0.6 is 0 Å². The molecule has 0 atom stereocenters. The molecule has 0 aliphatic rings. The van der Waals surface area contributed by atoms with Crippen LogP contribution in [-0.4, -0.2) is 146 Å². The van der Waals surface area contributed by atoms with E-state index in [0.717, 1.165) is 0 Å². The lowest BCUT2D eigenvalue weighted by Crippen LogP contribution is -2.12. The summed E-state index contributed by atoms with van der Waals surface area (Å²) >= 11 is 0. The van der Waals surface area contributed by atoms with E-state index in [-0.39, 0.29) is 37.6 Å². The third-order valence-corrected chi connectivity index (χ3v) is 8.06. The van der Waals surface area contributed by atoms with Crippen molar-refractivity contribution in [1.29, 1.82) is 0 Å². The fourth-order valence-corrected chi connectivity index (χ4v) is 5.12. The Morgan fingerprint density at radius 3 is 1.15 bits per heavy atom. The molecule has 0 amide bonds. The Bertz CT molecular complexity index is 1600. The van der Waals surface area contributed by atoms with Crippen molar-refractivity contribution in [2.75, 3.05) is 134 Å². The molecule has 0 fully saturated rings. The van der Waals surface area contributed by atoms with E-state index >= 15 is 0 Å². The van der Waals surface area contributed by atoms with Gasteiger partial charge < -0.3 is 66.3 Å². The first-order valence-electron chi connectivity index (χ1n) is 19.6. The van der Waals surface area contributed by atoms with Gasteiger partial charge in [0.1, 0.15) is 62.6 Å². The molecule has 0 aromatic heterocycles. The van der Waals surface area contributed by atoms with Crippen molar-refractivity contribution in [3.63, 3.8) is 0 Å². The fraction of sp³-hybridized carbons (Fsp3) is 0.500. The summed E-state index contributed by atoms with van der Waals surface area (Å²) in [5.74, 6) is 0.829. The normalized spacial score (nSPS) is 10.9. The molecule has 3 aromatic carbocycles. The van der Waals surface area contributed by atoms with Gasteiger partial charge in [0.15, 0.2) is 0 Å². The minimum atomic E-state index is -0.616. The second kappa shape index (κ2) is 31.1. The largest absolute Gasteiger partial charge is 0.491 e. The van der Waals surface area contributed by atoms with Gasteiger partial charge >= 0.3 is 11.9 Å². The lowest BCUT2D eigenvalue weighted by atomic mass is 10.0. The first-order chi connectivity index (χ1) is 29.4. The Kier molecular flexibility index (Phi) is 25.7. The van der Waals surface area contributed by atoms with Crippen molar-refractivity contribution >= 4 is 18.0 Å². The van der Waals surface area contributed by atoms with E-state index in [9.17, 15) is 9.59 Å². The number of rotatable bonds is 35. The monoisotopic (exact) mass is 844 g/mol. The van der Waals surface area contributed by atoms with E-state index in [1.807, 2.05) is 0 Å². The van der Waals surface area contributed by atoms with Gasteiger partial charge in [-0.3, -0.25) is 0 Å². The molecule has 0 N–H and O–H groups in total. The Morgan fingerprint density at radius 1 is 0.450 bits per heavy atom. The van der Waals surface area contributed by atoms with Crippen LogP contribution in [0.25, 0.3) is 6.08 Å². The second-order valence-electron chi connectivity index (χ2n) is 12.6.